The molecule has 0 unspecified atom stereocenters. The molecule has 0 bridgehead atoms. The van der Waals surface area contributed by atoms with E-state index in [1.54, 1.807) is 13.0 Å². The van der Waals surface area contributed by atoms with Crippen molar-refractivity contribution >= 4 is 17.8 Å². The summed E-state index contributed by atoms with van der Waals surface area (Å²) in [6.07, 6.45) is 8.46. The summed E-state index contributed by atoms with van der Waals surface area (Å²) in [5, 5.41) is 37.2. The molecule has 0 spiro atoms. The van der Waals surface area contributed by atoms with Gasteiger partial charge in [0, 0.05) is 37.4 Å². The van der Waals surface area contributed by atoms with Gasteiger partial charge in [-0.1, -0.05) is 18.9 Å². The van der Waals surface area contributed by atoms with Crippen LogP contribution in [0.1, 0.15) is 115 Å². The molecule has 6 atom stereocenters. The van der Waals surface area contributed by atoms with Crippen LogP contribution in [0.25, 0.3) is 0 Å². The third kappa shape index (κ3) is 8.89. The van der Waals surface area contributed by atoms with Crippen molar-refractivity contribution in [1.82, 2.24) is 10.6 Å². The fourth-order valence-electron chi connectivity index (χ4n) is 9.08. The van der Waals surface area contributed by atoms with E-state index < -0.39 is 41.2 Å². The molecule has 3 heterocycles. The first kappa shape index (κ1) is 37.4. The van der Waals surface area contributed by atoms with E-state index in [-0.39, 0.29) is 36.5 Å². The van der Waals surface area contributed by atoms with Crippen molar-refractivity contribution in [1.29, 1.82) is 0 Å². The smallest absolute Gasteiger partial charge is 0.332 e. The molecule has 0 radical (unpaired) electrons. The predicted molar refractivity (Wildman–Crippen MR) is 183 cm³/mol. The SMILES string of the molecule is CC(=O)O[C@@H](C[C@@H](OC(=O)[C@]12CCCC[C@H]1CCC(=O)N2)C1(Cc2ccc(O)c3c2CCCO3)CCNCC1)[C@@H](CCCO)CC[C@H](C)O. The van der Waals surface area contributed by atoms with Gasteiger partial charge in [-0.15, -0.1) is 0 Å². The monoisotopic (exact) mass is 686 g/mol. The number of carbonyl (C=O) groups is 3. The molecule has 4 aliphatic rings. The Morgan fingerprint density at radius 2 is 1.84 bits per heavy atom. The molecule has 1 aromatic rings. The van der Waals surface area contributed by atoms with Crippen molar-refractivity contribution in [3.8, 4) is 11.5 Å². The van der Waals surface area contributed by atoms with Crippen LogP contribution in [0.15, 0.2) is 12.1 Å². The number of hydrogen-bond acceptors (Lipinski definition) is 10. The lowest BCUT2D eigenvalue weighted by molar-refractivity contribution is -0.179. The first-order chi connectivity index (χ1) is 23.6. The van der Waals surface area contributed by atoms with E-state index in [2.05, 4.69) is 10.6 Å². The van der Waals surface area contributed by atoms with Gasteiger partial charge in [-0.25, -0.2) is 4.79 Å². The fourth-order valence-corrected chi connectivity index (χ4v) is 9.08. The van der Waals surface area contributed by atoms with Crippen LogP contribution < -0.4 is 15.4 Å². The van der Waals surface area contributed by atoms with E-state index >= 15 is 0 Å². The van der Waals surface area contributed by atoms with Gasteiger partial charge in [0.25, 0.3) is 0 Å². The zero-order chi connectivity index (χ0) is 35.0. The standard InChI is InChI=1S/C38H58N2O9/c1-25(42)10-11-27(7-5-21-41)32(48-26(2)43)23-33(49-36(46)38-16-4-3-8-29(38)13-15-34(45)40-38)37(17-19-39-20-18-37)24-28-12-14-31(44)35-30(28)9-6-22-47-35/h12,14,25,27,29,32-33,39,41-42,44H,3-11,13,15-24H2,1-2H3,(H,40,45)/t25-,27-,29-,32-,33+,38-/m0/s1. The highest BCUT2D eigenvalue weighted by Crippen LogP contribution is 2.47. The predicted octanol–water partition coefficient (Wildman–Crippen LogP) is 4.25. The number of aromatic hydroxyl groups is 1. The second-order valence-electron chi connectivity index (χ2n) is 15.1. The van der Waals surface area contributed by atoms with Crippen LogP contribution in [0.3, 0.4) is 0 Å². The fraction of sp³-hybridized carbons (Fsp3) is 0.763. The third-order valence-corrected chi connectivity index (χ3v) is 11.7. The summed E-state index contributed by atoms with van der Waals surface area (Å²) in [7, 11) is 0. The molecular formula is C38H58N2O9. The second-order valence-corrected chi connectivity index (χ2v) is 15.1. The molecule has 3 fully saturated rings. The minimum atomic E-state index is -1.08. The van der Waals surface area contributed by atoms with Gasteiger partial charge in [0.1, 0.15) is 17.7 Å². The van der Waals surface area contributed by atoms with Gasteiger partial charge in [-0.05, 0) is 121 Å². The van der Waals surface area contributed by atoms with Crippen LogP contribution in [-0.4, -0.2) is 83.3 Å². The Morgan fingerprint density at radius 1 is 1.04 bits per heavy atom. The van der Waals surface area contributed by atoms with Crippen molar-refractivity contribution in [2.24, 2.45) is 17.3 Å². The highest BCUT2D eigenvalue weighted by Gasteiger charge is 2.54. The lowest BCUT2D eigenvalue weighted by Gasteiger charge is -2.49. The zero-order valence-corrected chi connectivity index (χ0v) is 29.5. The molecule has 0 aromatic heterocycles. The summed E-state index contributed by atoms with van der Waals surface area (Å²) in [6.45, 7) is 5.08. The Morgan fingerprint density at radius 3 is 2.57 bits per heavy atom. The minimum Gasteiger partial charge on any atom is -0.504 e. The number of hydrogen-bond donors (Lipinski definition) is 5. The average molecular weight is 687 g/mol. The van der Waals surface area contributed by atoms with Crippen molar-refractivity contribution in [3.05, 3.63) is 23.3 Å². The van der Waals surface area contributed by atoms with Crippen molar-refractivity contribution < 1.29 is 43.9 Å². The van der Waals surface area contributed by atoms with E-state index in [9.17, 15) is 29.7 Å². The maximum atomic E-state index is 14.7. The number of benzene rings is 1. The Hall–Kier alpha value is -2.89. The maximum absolute atomic E-state index is 14.7. The molecule has 5 N–H and O–H groups in total. The first-order valence-electron chi connectivity index (χ1n) is 18.7. The number of aliphatic hydroxyl groups excluding tert-OH is 2. The lowest BCUT2D eigenvalue weighted by Crippen LogP contribution is -2.65. The van der Waals surface area contributed by atoms with E-state index in [1.807, 2.05) is 6.07 Å². The van der Waals surface area contributed by atoms with Crippen molar-refractivity contribution in [2.45, 2.75) is 140 Å². The highest BCUT2D eigenvalue weighted by atomic mass is 16.6. The molecule has 1 aromatic carbocycles. The second kappa shape index (κ2) is 16.9. The number of phenols is 1. The Balaban J connectivity index is 1.56. The summed E-state index contributed by atoms with van der Waals surface area (Å²) < 4.78 is 18.8. The Bertz CT molecular complexity index is 1300. The summed E-state index contributed by atoms with van der Waals surface area (Å²) in [6, 6.07) is 3.64. The lowest BCUT2D eigenvalue weighted by atomic mass is 9.66. The molecule has 11 nitrogen and oxygen atoms in total. The summed E-state index contributed by atoms with van der Waals surface area (Å²) in [5.41, 5.74) is 0.400. The quantitative estimate of drug-likeness (QED) is 0.169. The normalized spacial score (nSPS) is 25.7. The number of carbonyl (C=O) groups excluding carboxylic acids is 3. The van der Waals surface area contributed by atoms with E-state index in [1.165, 1.54) is 6.92 Å². The molecule has 5 rings (SSSR count). The molecule has 1 aliphatic carbocycles. The summed E-state index contributed by atoms with van der Waals surface area (Å²) >= 11 is 0. The van der Waals surface area contributed by atoms with Crippen LogP contribution in [0.4, 0.5) is 0 Å². The number of esters is 2. The van der Waals surface area contributed by atoms with Gasteiger partial charge in [0.05, 0.1) is 12.7 Å². The number of piperidine rings is 2. The van der Waals surface area contributed by atoms with Crippen molar-refractivity contribution in [2.75, 3.05) is 26.3 Å². The van der Waals surface area contributed by atoms with Gasteiger partial charge in [-0.2, -0.15) is 0 Å². The van der Waals surface area contributed by atoms with Gasteiger partial charge < -0.3 is 40.2 Å². The average Bonchev–Trinajstić information content (AvgIpc) is 3.09. The molecule has 1 amide bonds. The molecule has 3 aliphatic heterocycles. The highest BCUT2D eigenvalue weighted by molar-refractivity contribution is 5.90. The van der Waals surface area contributed by atoms with Crippen LogP contribution in [0.2, 0.25) is 0 Å². The van der Waals surface area contributed by atoms with Crippen LogP contribution in [0, 0.1) is 17.3 Å². The minimum absolute atomic E-state index is 0.00458. The Kier molecular flexibility index (Phi) is 12.9. The molecular weight excluding hydrogens is 628 g/mol. The first-order valence-corrected chi connectivity index (χ1v) is 18.7. The number of amides is 1. The summed E-state index contributed by atoms with van der Waals surface area (Å²) in [5.74, 6) is -0.483. The van der Waals surface area contributed by atoms with E-state index in [4.69, 9.17) is 14.2 Å². The van der Waals surface area contributed by atoms with Gasteiger partial charge in [-0.3, -0.25) is 9.59 Å². The van der Waals surface area contributed by atoms with Crippen LogP contribution in [-0.2, 0) is 36.7 Å². The van der Waals surface area contributed by atoms with Crippen molar-refractivity contribution in [3.63, 3.8) is 0 Å². The number of fused-ring (bicyclic) bond motifs is 2. The molecule has 1 saturated carbocycles. The molecule has 2 saturated heterocycles. The molecule has 11 heteroatoms. The van der Waals surface area contributed by atoms with E-state index in [0.29, 0.717) is 89.7 Å². The largest absolute Gasteiger partial charge is 0.504 e. The molecule has 274 valence electrons. The number of phenolic OH excluding ortho intramolecular Hbond substituents is 1. The Labute approximate surface area is 290 Å². The number of nitrogens with one attached hydrogen (secondary N) is 2. The number of rotatable bonds is 15. The van der Waals surface area contributed by atoms with Gasteiger partial charge in [0.2, 0.25) is 5.91 Å². The maximum Gasteiger partial charge on any atom is 0.332 e. The summed E-state index contributed by atoms with van der Waals surface area (Å²) in [4.78, 5) is 40.2. The van der Waals surface area contributed by atoms with Gasteiger partial charge in [0.15, 0.2) is 11.5 Å². The number of ether oxygens (including phenoxy) is 3. The molecule has 49 heavy (non-hydrogen) atoms. The number of aliphatic hydroxyl groups is 2. The van der Waals surface area contributed by atoms with Gasteiger partial charge >= 0.3 is 11.9 Å². The van der Waals surface area contributed by atoms with Crippen LogP contribution >= 0.6 is 0 Å². The zero-order valence-electron chi connectivity index (χ0n) is 29.5. The third-order valence-electron chi connectivity index (χ3n) is 11.7. The van der Waals surface area contributed by atoms with E-state index in [0.717, 1.165) is 43.2 Å². The van der Waals surface area contributed by atoms with Crippen LogP contribution in [0.5, 0.6) is 11.5 Å². The topological polar surface area (TPSA) is 164 Å².